The van der Waals surface area contributed by atoms with Crippen LogP contribution in [0.5, 0.6) is 0 Å². The SMILES string of the molecule is O=C(NCCC1CCCCN1S(=O)(=O)c1ccccc1)C(=O)Nc1ccc(Cl)cc1. The number of carbonyl (C=O) groups is 2. The van der Waals surface area contributed by atoms with E-state index in [-0.39, 0.29) is 17.5 Å². The maximum atomic E-state index is 13.0. The van der Waals surface area contributed by atoms with Gasteiger partial charge in [-0.25, -0.2) is 8.42 Å². The first-order valence-electron chi connectivity index (χ1n) is 9.79. The van der Waals surface area contributed by atoms with Crippen molar-refractivity contribution in [1.29, 1.82) is 0 Å². The number of carbonyl (C=O) groups excluding carboxylic acids is 2. The van der Waals surface area contributed by atoms with Gasteiger partial charge in [0, 0.05) is 29.8 Å². The smallest absolute Gasteiger partial charge is 0.313 e. The van der Waals surface area contributed by atoms with Gasteiger partial charge in [0.15, 0.2) is 0 Å². The molecule has 0 aromatic heterocycles. The van der Waals surface area contributed by atoms with Crippen molar-refractivity contribution in [2.75, 3.05) is 18.4 Å². The van der Waals surface area contributed by atoms with Crippen LogP contribution in [-0.4, -0.2) is 43.7 Å². The summed E-state index contributed by atoms with van der Waals surface area (Å²) >= 11 is 5.80. The predicted molar refractivity (Wildman–Crippen MR) is 116 cm³/mol. The number of nitrogens with one attached hydrogen (secondary N) is 2. The zero-order valence-electron chi connectivity index (χ0n) is 16.4. The van der Waals surface area contributed by atoms with Crippen LogP contribution in [0.25, 0.3) is 0 Å². The summed E-state index contributed by atoms with van der Waals surface area (Å²) in [6, 6.07) is 14.6. The Morgan fingerprint density at radius 3 is 2.40 bits per heavy atom. The highest BCUT2D eigenvalue weighted by Crippen LogP contribution is 2.26. The molecule has 1 fully saturated rings. The monoisotopic (exact) mass is 449 g/mol. The van der Waals surface area contributed by atoms with Gasteiger partial charge >= 0.3 is 11.8 Å². The zero-order valence-corrected chi connectivity index (χ0v) is 18.0. The first-order valence-corrected chi connectivity index (χ1v) is 11.6. The Labute approximate surface area is 181 Å². The molecule has 30 heavy (non-hydrogen) atoms. The molecule has 9 heteroatoms. The van der Waals surface area contributed by atoms with Crippen molar-refractivity contribution in [2.45, 2.75) is 36.6 Å². The Balaban J connectivity index is 1.55. The highest BCUT2D eigenvalue weighted by atomic mass is 35.5. The minimum Gasteiger partial charge on any atom is -0.348 e. The Bertz CT molecular complexity index is 981. The van der Waals surface area contributed by atoms with E-state index in [2.05, 4.69) is 10.6 Å². The lowest BCUT2D eigenvalue weighted by molar-refractivity contribution is -0.136. The molecule has 1 saturated heterocycles. The van der Waals surface area contributed by atoms with E-state index in [1.54, 1.807) is 54.6 Å². The fraction of sp³-hybridized carbons (Fsp3) is 0.333. The molecule has 3 rings (SSSR count). The highest BCUT2D eigenvalue weighted by Gasteiger charge is 2.33. The lowest BCUT2D eigenvalue weighted by Gasteiger charge is -2.34. The van der Waals surface area contributed by atoms with Gasteiger partial charge in [-0.3, -0.25) is 9.59 Å². The van der Waals surface area contributed by atoms with E-state index in [0.29, 0.717) is 23.7 Å². The molecular weight excluding hydrogens is 426 g/mol. The largest absolute Gasteiger partial charge is 0.348 e. The van der Waals surface area contributed by atoms with Gasteiger partial charge < -0.3 is 10.6 Å². The molecule has 0 spiro atoms. The molecule has 1 aliphatic rings. The summed E-state index contributed by atoms with van der Waals surface area (Å²) in [5.74, 6) is -1.55. The highest BCUT2D eigenvalue weighted by molar-refractivity contribution is 7.89. The Hall–Kier alpha value is -2.42. The lowest BCUT2D eigenvalue weighted by atomic mass is 10.0. The fourth-order valence-corrected chi connectivity index (χ4v) is 5.33. The first-order chi connectivity index (χ1) is 14.4. The number of benzene rings is 2. The first kappa shape index (κ1) is 22.3. The maximum absolute atomic E-state index is 13.0. The third-order valence-corrected chi connectivity index (χ3v) is 7.21. The number of piperidine rings is 1. The summed E-state index contributed by atoms with van der Waals surface area (Å²) in [6.45, 7) is 0.658. The fourth-order valence-electron chi connectivity index (χ4n) is 3.46. The molecule has 2 amide bonds. The zero-order chi connectivity index (χ0) is 21.6. The number of nitrogens with zero attached hydrogens (tertiary/aromatic N) is 1. The second kappa shape index (κ2) is 10.1. The molecule has 0 radical (unpaired) electrons. The van der Waals surface area contributed by atoms with E-state index in [1.807, 2.05) is 0 Å². The van der Waals surface area contributed by atoms with Crippen molar-refractivity contribution >= 4 is 39.1 Å². The number of rotatable bonds is 6. The van der Waals surface area contributed by atoms with Crippen LogP contribution in [0.3, 0.4) is 0 Å². The maximum Gasteiger partial charge on any atom is 0.313 e. The van der Waals surface area contributed by atoms with Crippen LogP contribution >= 0.6 is 11.6 Å². The van der Waals surface area contributed by atoms with Crippen LogP contribution in [0.2, 0.25) is 5.02 Å². The minimum absolute atomic E-state index is 0.207. The van der Waals surface area contributed by atoms with Crippen molar-refractivity contribution < 1.29 is 18.0 Å². The molecule has 2 N–H and O–H groups in total. The summed E-state index contributed by atoms with van der Waals surface area (Å²) in [6.07, 6.45) is 2.89. The molecule has 7 nitrogen and oxygen atoms in total. The summed E-state index contributed by atoms with van der Waals surface area (Å²) in [4.78, 5) is 24.4. The predicted octanol–water partition coefficient (Wildman–Crippen LogP) is 3.03. The van der Waals surface area contributed by atoms with Crippen LogP contribution in [0.4, 0.5) is 5.69 Å². The number of hydrogen-bond acceptors (Lipinski definition) is 4. The Kier molecular flexibility index (Phi) is 7.47. The van der Waals surface area contributed by atoms with Crippen LogP contribution < -0.4 is 10.6 Å². The van der Waals surface area contributed by atoms with Crippen LogP contribution in [0.15, 0.2) is 59.5 Å². The molecule has 160 valence electrons. The third-order valence-electron chi connectivity index (χ3n) is 4.99. The van der Waals surface area contributed by atoms with Crippen LogP contribution in [0, 0.1) is 0 Å². The van der Waals surface area contributed by atoms with Gasteiger partial charge in [-0.15, -0.1) is 0 Å². The molecule has 1 atom stereocenters. The van der Waals surface area contributed by atoms with Crippen molar-refractivity contribution in [2.24, 2.45) is 0 Å². The van der Waals surface area contributed by atoms with Gasteiger partial charge in [0.2, 0.25) is 10.0 Å². The van der Waals surface area contributed by atoms with E-state index in [1.165, 1.54) is 4.31 Å². The molecule has 0 aliphatic carbocycles. The van der Waals surface area contributed by atoms with Crippen molar-refractivity contribution in [3.8, 4) is 0 Å². The lowest BCUT2D eigenvalue weighted by Crippen LogP contribution is -2.45. The molecule has 2 aromatic carbocycles. The summed E-state index contributed by atoms with van der Waals surface area (Å²) < 4.78 is 27.5. The average molecular weight is 450 g/mol. The van der Waals surface area contributed by atoms with Gasteiger partial charge in [0.05, 0.1) is 4.90 Å². The van der Waals surface area contributed by atoms with Crippen LogP contribution in [0.1, 0.15) is 25.7 Å². The van der Waals surface area contributed by atoms with Crippen molar-refractivity contribution in [1.82, 2.24) is 9.62 Å². The summed E-state index contributed by atoms with van der Waals surface area (Å²) in [7, 11) is -3.59. The summed E-state index contributed by atoms with van der Waals surface area (Å²) in [5, 5.41) is 5.60. The van der Waals surface area contributed by atoms with Gasteiger partial charge in [-0.2, -0.15) is 4.31 Å². The molecule has 0 saturated carbocycles. The van der Waals surface area contributed by atoms with Crippen molar-refractivity contribution in [3.05, 3.63) is 59.6 Å². The van der Waals surface area contributed by atoms with E-state index in [9.17, 15) is 18.0 Å². The van der Waals surface area contributed by atoms with Crippen molar-refractivity contribution in [3.63, 3.8) is 0 Å². The molecule has 2 aromatic rings. The molecular formula is C21H24ClN3O4S. The molecule has 0 bridgehead atoms. The van der Waals surface area contributed by atoms with E-state index in [4.69, 9.17) is 11.6 Å². The summed E-state index contributed by atoms with van der Waals surface area (Å²) in [5.41, 5.74) is 0.465. The molecule has 1 aliphatic heterocycles. The molecule has 1 unspecified atom stereocenters. The normalized spacial score (nSPS) is 17.3. The average Bonchev–Trinajstić information content (AvgIpc) is 2.76. The van der Waals surface area contributed by atoms with E-state index in [0.717, 1.165) is 19.3 Å². The van der Waals surface area contributed by atoms with Gasteiger partial charge in [-0.05, 0) is 55.7 Å². The van der Waals surface area contributed by atoms with Gasteiger partial charge in [0.1, 0.15) is 0 Å². The minimum atomic E-state index is -3.59. The number of amides is 2. The second-order valence-corrected chi connectivity index (χ2v) is 9.41. The van der Waals surface area contributed by atoms with E-state index >= 15 is 0 Å². The van der Waals surface area contributed by atoms with Gasteiger partial charge in [0.25, 0.3) is 0 Å². The molecule has 1 heterocycles. The number of anilines is 1. The standard InChI is InChI=1S/C21H24ClN3O4S/c22-16-9-11-17(12-10-16)24-21(27)20(26)23-14-13-18-6-4-5-15-25(18)30(28,29)19-7-2-1-3-8-19/h1-3,7-12,18H,4-6,13-15H2,(H,23,26)(H,24,27). The second-order valence-electron chi connectivity index (χ2n) is 7.08. The van der Waals surface area contributed by atoms with Crippen LogP contribution in [-0.2, 0) is 19.6 Å². The quantitative estimate of drug-likeness (QED) is 0.662. The third kappa shape index (κ3) is 5.59. The number of hydrogen-bond donors (Lipinski definition) is 2. The Morgan fingerprint density at radius 1 is 1.00 bits per heavy atom. The number of halogens is 1. The Morgan fingerprint density at radius 2 is 1.70 bits per heavy atom. The topological polar surface area (TPSA) is 95.6 Å². The van der Waals surface area contributed by atoms with Gasteiger partial charge in [-0.1, -0.05) is 36.2 Å². The van der Waals surface area contributed by atoms with E-state index < -0.39 is 21.8 Å². The number of sulfonamides is 1.